The summed E-state index contributed by atoms with van der Waals surface area (Å²) < 4.78 is 0. The summed E-state index contributed by atoms with van der Waals surface area (Å²) in [4.78, 5) is 2.84. The molecule has 1 aliphatic heterocycles. The maximum absolute atomic E-state index is 3.58. The lowest BCUT2D eigenvalue weighted by molar-refractivity contribution is 0.0887. The number of hydrogen-bond acceptors (Lipinski definition) is 2. The Bertz CT molecular complexity index is 238. The van der Waals surface area contributed by atoms with Gasteiger partial charge in [0, 0.05) is 12.6 Å². The topological polar surface area (TPSA) is 15.3 Å². The summed E-state index contributed by atoms with van der Waals surface area (Å²) in [6.07, 6.45) is 8.43. The summed E-state index contributed by atoms with van der Waals surface area (Å²) in [5.74, 6) is 2.75. The standard InChI is InChI=1S/C17H34N2/c1-4-8-19(13-16-6-5-7-18-12-16)17-10-14(2)9-15(3)11-17/h14-18H,4-13H2,1-3H3. The molecule has 0 bridgehead atoms. The molecule has 1 saturated heterocycles. The minimum atomic E-state index is 0.862. The normalized spacial score (nSPS) is 36.6. The first-order chi connectivity index (χ1) is 9.19. The summed E-state index contributed by atoms with van der Waals surface area (Å²) in [7, 11) is 0. The minimum Gasteiger partial charge on any atom is -0.316 e. The van der Waals surface area contributed by atoms with Crippen LogP contribution < -0.4 is 5.32 Å². The van der Waals surface area contributed by atoms with Crippen molar-refractivity contribution in [1.29, 1.82) is 0 Å². The second-order valence-electron chi connectivity index (χ2n) is 7.28. The van der Waals surface area contributed by atoms with Crippen LogP contribution in [0.3, 0.4) is 0 Å². The Labute approximate surface area is 120 Å². The van der Waals surface area contributed by atoms with E-state index in [1.807, 2.05) is 0 Å². The fourth-order valence-electron chi connectivity index (χ4n) is 4.32. The van der Waals surface area contributed by atoms with Crippen LogP contribution in [-0.4, -0.2) is 37.1 Å². The molecule has 2 heteroatoms. The monoisotopic (exact) mass is 266 g/mol. The Kier molecular flexibility index (Phi) is 6.15. The first kappa shape index (κ1) is 15.3. The van der Waals surface area contributed by atoms with E-state index in [4.69, 9.17) is 0 Å². The highest BCUT2D eigenvalue weighted by molar-refractivity contribution is 4.84. The molecule has 0 aromatic rings. The zero-order chi connectivity index (χ0) is 13.7. The van der Waals surface area contributed by atoms with Gasteiger partial charge in [-0.3, -0.25) is 0 Å². The van der Waals surface area contributed by atoms with E-state index in [9.17, 15) is 0 Å². The summed E-state index contributed by atoms with van der Waals surface area (Å²) in [5, 5.41) is 3.58. The summed E-state index contributed by atoms with van der Waals surface area (Å²) in [6, 6.07) is 0.862. The Morgan fingerprint density at radius 2 is 1.84 bits per heavy atom. The van der Waals surface area contributed by atoms with Crippen LogP contribution in [-0.2, 0) is 0 Å². The van der Waals surface area contributed by atoms with Gasteiger partial charge < -0.3 is 10.2 Å². The quantitative estimate of drug-likeness (QED) is 0.819. The molecule has 0 aromatic heterocycles. The summed E-state index contributed by atoms with van der Waals surface area (Å²) in [5.41, 5.74) is 0. The number of nitrogens with zero attached hydrogens (tertiary/aromatic N) is 1. The van der Waals surface area contributed by atoms with E-state index in [0.717, 1.165) is 23.8 Å². The number of piperidine rings is 1. The van der Waals surface area contributed by atoms with E-state index < -0.39 is 0 Å². The first-order valence-electron chi connectivity index (χ1n) is 8.63. The fourth-order valence-corrected chi connectivity index (χ4v) is 4.32. The highest BCUT2D eigenvalue weighted by Gasteiger charge is 2.29. The molecule has 1 heterocycles. The second-order valence-corrected chi connectivity index (χ2v) is 7.28. The van der Waals surface area contributed by atoms with Gasteiger partial charge in [0.05, 0.1) is 0 Å². The molecule has 0 spiro atoms. The molecular weight excluding hydrogens is 232 g/mol. The van der Waals surface area contributed by atoms with Crippen LogP contribution in [0.2, 0.25) is 0 Å². The maximum atomic E-state index is 3.58. The van der Waals surface area contributed by atoms with Gasteiger partial charge in [-0.1, -0.05) is 20.8 Å². The Hall–Kier alpha value is -0.0800. The molecule has 1 N–H and O–H groups in total. The highest BCUT2D eigenvalue weighted by atomic mass is 15.2. The minimum absolute atomic E-state index is 0.862. The zero-order valence-electron chi connectivity index (χ0n) is 13.3. The fraction of sp³-hybridized carbons (Fsp3) is 1.00. The van der Waals surface area contributed by atoms with Crippen molar-refractivity contribution in [2.24, 2.45) is 17.8 Å². The zero-order valence-corrected chi connectivity index (χ0v) is 13.3. The lowest BCUT2D eigenvalue weighted by Crippen LogP contribution is -2.46. The van der Waals surface area contributed by atoms with Crippen molar-refractivity contribution >= 4 is 0 Å². The Balaban J connectivity index is 1.89. The van der Waals surface area contributed by atoms with Gasteiger partial charge in [0.2, 0.25) is 0 Å². The van der Waals surface area contributed by atoms with Crippen LogP contribution in [0.5, 0.6) is 0 Å². The van der Waals surface area contributed by atoms with Gasteiger partial charge in [-0.2, -0.15) is 0 Å². The van der Waals surface area contributed by atoms with E-state index in [1.165, 1.54) is 64.7 Å². The molecule has 0 aromatic carbocycles. The van der Waals surface area contributed by atoms with Crippen LogP contribution >= 0.6 is 0 Å². The van der Waals surface area contributed by atoms with Crippen molar-refractivity contribution in [3.63, 3.8) is 0 Å². The predicted octanol–water partition coefficient (Wildman–Crippen LogP) is 3.52. The van der Waals surface area contributed by atoms with Crippen LogP contribution in [0.25, 0.3) is 0 Å². The molecule has 2 rings (SSSR count). The molecule has 19 heavy (non-hydrogen) atoms. The third kappa shape index (κ3) is 4.75. The van der Waals surface area contributed by atoms with Gasteiger partial charge in [-0.25, -0.2) is 0 Å². The molecule has 2 aliphatic rings. The average molecular weight is 266 g/mol. The van der Waals surface area contributed by atoms with E-state index in [1.54, 1.807) is 0 Å². The molecule has 3 atom stereocenters. The molecule has 2 fully saturated rings. The number of rotatable bonds is 5. The van der Waals surface area contributed by atoms with E-state index in [-0.39, 0.29) is 0 Å². The summed E-state index contributed by atoms with van der Waals surface area (Å²) in [6.45, 7) is 12.4. The van der Waals surface area contributed by atoms with E-state index in [0.29, 0.717) is 0 Å². The number of nitrogens with one attached hydrogen (secondary N) is 1. The van der Waals surface area contributed by atoms with Crippen molar-refractivity contribution in [2.45, 2.75) is 65.3 Å². The van der Waals surface area contributed by atoms with Crippen LogP contribution in [0.4, 0.5) is 0 Å². The third-order valence-electron chi connectivity index (χ3n) is 5.07. The van der Waals surface area contributed by atoms with E-state index in [2.05, 4.69) is 31.0 Å². The largest absolute Gasteiger partial charge is 0.316 e. The second kappa shape index (κ2) is 7.64. The lowest BCUT2D eigenvalue weighted by Gasteiger charge is -2.41. The third-order valence-corrected chi connectivity index (χ3v) is 5.07. The molecule has 0 radical (unpaired) electrons. The maximum Gasteiger partial charge on any atom is 0.0100 e. The molecular formula is C17H34N2. The number of hydrogen-bond donors (Lipinski definition) is 1. The van der Waals surface area contributed by atoms with Crippen LogP contribution in [0, 0.1) is 17.8 Å². The van der Waals surface area contributed by atoms with Gasteiger partial charge in [0.25, 0.3) is 0 Å². The van der Waals surface area contributed by atoms with E-state index >= 15 is 0 Å². The molecule has 112 valence electrons. The van der Waals surface area contributed by atoms with Gasteiger partial charge in [0.15, 0.2) is 0 Å². The molecule has 3 unspecified atom stereocenters. The van der Waals surface area contributed by atoms with Crippen LogP contribution in [0.15, 0.2) is 0 Å². The van der Waals surface area contributed by atoms with Crippen molar-refractivity contribution in [1.82, 2.24) is 10.2 Å². The van der Waals surface area contributed by atoms with Gasteiger partial charge in [0.1, 0.15) is 0 Å². The van der Waals surface area contributed by atoms with Gasteiger partial charge >= 0.3 is 0 Å². The van der Waals surface area contributed by atoms with Crippen LogP contribution in [0.1, 0.15) is 59.3 Å². The molecule has 1 saturated carbocycles. The van der Waals surface area contributed by atoms with Crippen molar-refractivity contribution in [3.05, 3.63) is 0 Å². The van der Waals surface area contributed by atoms with Gasteiger partial charge in [-0.05, 0) is 75.9 Å². The van der Waals surface area contributed by atoms with Crippen molar-refractivity contribution in [3.8, 4) is 0 Å². The smallest absolute Gasteiger partial charge is 0.0100 e. The lowest BCUT2D eigenvalue weighted by atomic mass is 9.79. The molecule has 1 aliphatic carbocycles. The average Bonchev–Trinajstić information content (AvgIpc) is 2.38. The predicted molar refractivity (Wildman–Crippen MR) is 83.4 cm³/mol. The Morgan fingerprint density at radius 3 is 2.42 bits per heavy atom. The molecule has 2 nitrogen and oxygen atoms in total. The molecule has 0 amide bonds. The highest BCUT2D eigenvalue weighted by Crippen LogP contribution is 2.32. The van der Waals surface area contributed by atoms with Crippen molar-refractivity contribution in [2.75, 3.05) is 26.2 Å². The Morgan fingerprint density at radius 1 is 1.11 bits per heavy atom. The SMILES string of the molecule is CCCN(CC1CCCNC1)C1CC(C)CC(C)C1. The van der Waals surface area contributed by atoms with Crippen molar-refractivity contribution < 1.29 is 0 Å². The van der Waals surface area contributed by atoms with Gasteiger partial charge in [-0.15, -0.1) is 0 Å². The summed E-state index contributed by atoms with van der Waals surface area (Å²) >= 11 is 0. The first-order valence-corrected chi connectivity index (χ1v) is 8.63.